The largest absolute Gasteiger partial charge is 0.398 e. The van der Waals surface area contributed by atoms with E-state index in [0.717, 1.165) is 22.8 Å². The summed E-state index contributed by atoms with van der Waals surface area (Å²) < 4.78 is 0. The van der Waals surface area contributed by atoms with Gasteiger partial charge in [0.1, 0.15) is 0 Å². The Hall–Kier alpha value is -0.770. The Morgan fingerprint density at radius 1 is 1.26 bits per heavy atom. The standard InChI is InChI=1S/C15H23ClN2O/c16-14-7-4-8-15(17)13(14)11-18(9-10-19)12-5-2-1-3-6-12/h4,7-8,12,19H,1-3,5-6,9-11,17H2. The number of rotatable bonds is 5. The molecular weight excluding hydrogens is 260 g/mol. The highest BCUT2D eigenvalue weighted by atomic mass is 35.5. The number of nitrogens with two attached hydrogens (primary N) is 1. The Morgan fingerprint density at radius 2 is 2.00 bits per heavy atom. The Morgan fingerprint density at radius 3 is 2.63 bits per heavy atom. The van der Waals surface area contributed by atoms with Gasteiger partial charge in [0, 0.05) is 35.4 Å². The lowest BCUT2D eigenvalue weighted by atomic mass is 9.93. The maximum absolute atomic E-state index is 9.28. The molecule has 0 saturated heterocycles. The Labute approximate surface area is 120 Å². The molecule has 1 saturated carbocycles. The zero-order valence-electron chi connectivity index (χ0n) is 11.3. The molecule has 4 heteroatoms. The summed E-state index contributed by atoms with van der Waals surface area (Å²) in [4.78, 5) is 2.33. The van der Waals surface area contributed by atoms with Gasteiger partial charge in [0.25, 0.3) is 0 Å². The number of nitrogens with zero attached hydrogens (tertiary/aromatic N) is 1. The van der Waals surface area contributed by atoms with Crippen LogP contribution in [0.5, 0.6) is 0 Å². The zero-order valence-corrected chi connectivity index (χ0v) is 12.1. The molecule has 0 unspecified atom stereocenters. The van der Waals surface area contributed by atoms with Gasteiger partial charge in [-0.05, 0) is 25.0 Å². The lowest BCUT2D eigenvalue weighted by molar-refractivity contribution is 0.117. The summed E-state index contributed by atoms with van der Waals surface area (Å²) in [7, 11) is 0. The van der Waals surface area contributed by atoms with Crippen molar-refractivity contribution in [2.24, 2.45) is 0 Å². The van der Waals surface area contributed by atoms with Crippen LogP contribution in [0.3, 0.4) is 0 Å². The Bertz CT molecular complexity index is 385. The molecule has 0 radical (unpaired) electrons. The van der Waals surface area contributed by atoms with Crippen LogP contribution >= 0.6 is 11.6 Å². The second-order valence-corrected chi connectivity index (χ2v) is 5.70. The quantitative estimate of drug-likeness (QED) is 0.816. The maximum Gasteiger partial charge on any atom is 0.0558 e. The van der Waals surface area contributed by atoms with Crippen LogP contribution in [0.4, 0.5) is 5.69 Å². The third-order valence-corrected chi connectivity index (χ3v) is 4.35. The molecule has 0 atom stereocenters. The Balaban J connectivity index is 2.11. The lowest BCUT2D eigenvalue weighted by Gasteiger charge is -2.34. The highest BCUT2D eigenvalue weighted by Crippen LogP contribution is 2.28. The van der Waals surface area contributed by atoms with Crippen LogP contribution in [0.15, 0.2) is 18.2 Å². The summed E-state index contributed by atoms with van der Waals surface area (Å²) in [6.07, 6.45) is 6.32. The smallest absolute Gasteiger partial charge is 0.0558 e. The fourth-order valence-electron chi connectivity index (χ4n) is 2.91. The maximum atomic E-state index is 9.28. The van der Waals surface area contributed by atoms with Crippen LogP contribution in [-0.4, -0.2) is 29.2 Å². The number of halogens is 1. The number of anilines is 1. The molecule has 106 valence electrons. The fourth-order valence-corrected chi connectivity index (χ4v) is 3.15. The van der Waals surface area contributed by atoms with Crippen molar-refractivity contribution in [3.05, 3.63) is 28.8 Å². The van der Waals surface area contributed by atoms with Gasteiger partial charge in [0.2, 0.25) is 0 Å². The third-order valence-electron chi connectivity index (χ3n) is 3.99. The van der Waals surface area contributed by atoms with E-state index in [0.29, 0.717) is 12.6 Å². The minimum Gasteiger partial charge on any atom is -0.398 e. The molecule has 0 aromatic heterocycles. The van der Waals surface area contributed by atoms with Crippen molar-refractivity contribution in [2.75, 3.05) is 18.9 Å². The summed E-state index contributed by atoms with van der Waals surface area (Å²) in [6, 6.07) is 6.19. The van der Waals surface area contributed by atoms with Gasteiger partial charge in [-0.15, -0.1) is 0 Å². The van der Waals surface area contributed by atoms with E-state index in [1.807, 2.05) is 18.2 Å². The van der Waals surface area contributed by atoms with Gasteiger partial charge < -0.3 is 10.8 Å². The predicted molar refractivity (Wildman–Crippen MR) is 80.2 cm³/mol. The SMILES string of the molecule is Nc1cccc(Cl)c1CN(CCO)C1CCCCC1. The molecule has 1 aliphatic carbocycles. The summed E-state index contributed by atoms with van der Waals surface area (Å²) in [5, 5.41) is 10.00. The Kier molecular flexibility index (Phi) is 5.49. The fraction of sp³-hybridized carbons (Fsp3) is 0.600. The highest BCUT2D eigenvalue weighted by Gasteiger charge is 2.22. The third kappa shape index (κ3) is 3.85. The van der Waals surface area contributed by atoms with Crippen molar-refractivity contribution in [1.29, 1.82) is 0 Å². The van der Waals surface area contributed by atoms with Gasteiger partial charge in [-0.1, -0.05) is 36.9 Å². The monoisotopic (exact) mass is 282 g/mol. The van der Waals surface area contributed by atoms with Gasteiger partial charge in [-0.3, -0.25) is 4.90 Å². The van der Waals surface area contributed by atoms with Crippen LogP contribution in [0, 0.1) is 0 Å². The molecule has 0 aliphatic heterocycles. The van der Waals surface area contributed by atoms with Crippen LogP contribution in [0.2, 0.25) is 5.02 Å². The molecular formula is C15H23ClN2O. The van der Waals surface area contributed by atoms with Gasteiger partial charge in [-0.2, -0.15) is 0 Å². The molecule has 3 nitrogen and oxygen atoms in total. The van der Waals surface area contributed by atoms with Crippen molar-refractivity contribution in [1.82, 2.24) is 4.90 Å². The number of aliphatic hydroxyl groups is 1. The van der Waals surface area contributed by atoms with Crippen LogP contribution in [0.1, 0.15) is 37.7 Å². The number of hydrogen-bond donors (Lipinski definition) is 2. The topological polar surface area (TPSA) is 49.5 Å². The average Bonchev–Trinajstić information content (AvgIpc) is 2.43. The molecule has 0 spiro atoms. The second-order valence-electron chi connectivity index (χ2n) is 5.29. The van der Waals surface area contributed by atoms with E-state index in [2.05, 4.69) is 4.90 Å². The number of nitrogen functional groups attached to an aromatic ring is 1. The van der Waals surface area contributed by atoms with E-state index >= 15 is 0 Å². The zero-order chi connectivity index (χ0) is 13.7. The van der Waals surface area contributed by atoms with Gasteiger partial charge in [0.15, 0.2) is 0 Å². The first-order valence-electron chi connectivity index (χ1n) is 7.10. The first-order valence-corrected chi connectivity index (χ1v) is 7.48. The summed E-state index contributed by atoms with van der Waals surface area (Å²) in [6.45, 7) is 1.60. The molecule has 2 rings (SSSR count). The second kappa shape index (κ2) is 7.13. The van der Waals surface area contributed by atoms with E-state index in [1.54, 1.807) is 0 Å². The number of benzene rings is 1. The molecule has 0 heterocycles. The minimum absolute atomic E-state index is 0.181. The average molecular weight is 283 g/mol. The first-order chi connectivity index (χ1) is 9.22. The number of hydrogen-bond acceptors (Lipinski definition) is 3. The van der Waals surface area contributed by atoms with E-state index < -0.39 is 0 Å². The summed E-state index contributed by atoms with van der Waals surface area (Å²) >= 11 is 6.24. The predicted octanol–water partition coefficient (Wildman–Crippen LogP) is 3.05. The van der Waals surface area contributed by atoms with Crippen molar-refractivity contribution < 1.29 is 5.11 Å². The van der Waals surface area contributed by atoms with Crippen LogP contribution < -0.4 is 5.73 Å². The summed E-state index contributed by atoms with van der Waals surface area (Å²) in [5.41, 5.74) is 7.75. The molecule has 1 aromatic rings. The highest BCUT2D eigenvalue weighted by molar-refractivity contribution is 6.31. The molecule has 1 aromatic carbocycles. The molecule has 3 N–H and O–H groups in total. The first kappa shape index (κ1) is 14.6. The van der Waals surface area contributed by atoms with E-state index in [4.69, 9.17) is 17.3 Å². The normalized spacial score (nSPS) is 17.0. The molecule has 1 aliphatic rings. The molecule has 1 fully saturated rings. The lowest BCUT2D eigenvalue weighted by Crippen LogP contribution is -2.38. The van der Waals surface area contributed by atoms with Crippen LogP contribution in [-0.2, 0) is 6.54 Å². The van der Waals surface area contributed by atoms with E-state index in [9.17, 15) is 5.11 Å². The number of aliphatic hydroxyl groups excluding tert-OH is 1. The van der Waals surface area contributed by atoms with Crippen molar-refractivity contribution >= 4 is 17.3 Å². The summed E-state index contributed by atoms with van der Waals surface area (Å²) in [5.74, 6) is 0. The van der Waals surface area contributed by atoms with Crippen LogP contribution in [0.25, 0.3) is 0 Å². The van der Waals surface area contributed by atoms with Crippen molar-refractivity contribution in [2.45, 2.75) is 44.7 Å². The van der Waals surface area contributed by atoms with Gasteiger partial charge >= 0.3 is 0 Å². The van der Waals surface area contributed by atoms with E-state index in [1.165, 1.54) is 32.1 Å². The van der Waals surface area contributed by atoms with E-state index in [-0.39, 0.29) is 6.61 Å². The van der Waals surface area contributed by atoms with Gasteiger partial charge in [0.05, 0.1) is 6.61 Å². The van der Waals surface area contributed by atoms with Gasteiger partial charge in [-0.25, -0.2) is 0 Å². The molecule has 0 bridgehead atoms. The minimum atomic E-state index is 0.181. The molecule has 19 heavy (non-hydrogen) atoms. The van der Waals surface area contributed by atoms with Crippen molar-refractivity contribution in [3.63, 3.8) is 0 Å². The van der Waals surface area contributed by atoms with Crippen molar-refractivity contribution in [3.8, 4) is 0 Å². The molecule has 0 amide bonds.